The molecule has 0 radical (unpaired) electrons. The predicted octanol–water partition coefficient (Wildman–Crippen LogP) is 0.978. The van der Waals surface area contributed by atoms with Gasteiger partial charge in [0.2, 0.25) is 0 Å². The number of piperazine rings is 1. The lowest BCUT2D eigenvalue weighted by Gasteiger charge is -2.40. The van der Waals surface area contributed by atoms with Crippen molar-refractivity contribution in [2.24, 2.45) is 11.8 Å². The Morgan fingerprint density at radius 1 is 0.912 bits per heavy atom. The summed E-state index contributed by atoms with van der Waals surface area (Å²) in [7, 11) is 0. The number of carbonyl (C=O) groups excluding carboxylic acids is 2. The van der Waals surface area contributed by atoms with Crippen LogP contribution in [0.5, 0.6) is 0 Å². The second kappa shape index (κ2) is 11.0. The number of hydrogen-bond acceptors (Lipinski definition) is 4. The minimum absolute atomic E-state index is 0.0108. The Balaban J connectivity index is 1.33. The van der Waals surface area contributed by atoms with Gasteiger partial charge in [0.25, 0.3) is 5.91 Å². The van der Waals surface area contributed by atoms with Gasteiger partial charge < -0.3 is 24.6 Å². The fraction of sp³-hybridized carbons (Fsp3) is 0.462. The summed E-state index contributed by atoms with van der Waals surface area (Å²) in [6, 6.07) is 12.1. The van der Waals surface area contributed by atoms with Crippen molar-refractivity contribution in [2.45, 2.75) is 19.3 Å². The Morgan fingerprint density at radius 2 is 1.53 bits per heavy atom. The summed E-state index contributed by atoms with van der Waals surface area (Å²) < 4.78 is 26.4. The van der Waals surface area contributed by atoms with Gasteiger partial charge in [0.15, 0.2) is 0 Å². The number of quaternary nitrogens is 1. The molecule has 1 amide bonds. The monoisotopic (exact) mass is 471 g/mol. The van der Waals surface area contributed by atoms with Gasteiger partial charge in [0.05, 0.1) is 32.7 Å². The smallest absolute Gasteiger partial charge is 0.253 e. The molecule has 2 fully saturated rings. The van der Waals surface area contributed by atoms with Crippen LogP contribution < -0.4 is 14.9 Å². The number of carboxylic acid groups (broad SMARTS) is 1. The maximum absolute atomic E-state index is 13.2. The zero-order chi connectivity index (χ0) is 24.1. The first-order valence-corrected chi connectivity index (χ1v) is 12.0. The minimum atomic E-state index is -1.05. The minimum Gasteiger partial charge on any atom is -0.550 e. The number of benzene rings is 2. The highest BCUT2D eigenvalue weighted by molar-refractivity contribution is 5.94. The number of rotatable bonds is 7. The van der Waals surface area contributed by atoms with Crippen LogP contribution in [0, 0.1) is 23.5 Å². The number of nitrogens with one attached hydrogen (secondary N) is 1. The van der Waals surface area contributed by atoms with Gasteiger partial charge >= 0.3 is 0 Å². The van der Waals surface area contributed by atoms with Crippen LogP contribution in [-0.2, 0) is 4.79 Å². The Hall–Kier alpha value is -3.00. The number of hydrogen-bond donors (Lipinski definition) is 1. The lowest BCUT2D eigenvalue weighted by atomic mass is 9.81. The number of likely N-dealkylation sites (tertiary alicyclic amines) is 1. The first kappa shape index (κ1) is 24.1. The quantitative estimate of drug-likeness (QED) is 0.654. The fourth-order valence-electron chi connectivity index (χ4n) is 5.22. The van der Waals surface area contributed by atoms with E-state index < -0.39 is 5.97 Å². The summed E-state index contributed by atoms with van der Waals surface area (Å²) in [5.74, 6) is -1.74. The van der Waals surface area contributed by atoms with E-state index in [0.29, 0.717) is 25.1 Å². The molecule has 0 bridgehead atoms. The molecule has 2 saturated heterocycles. The molecular formula is C26H31F2N3O3. The maximum Gasteiger partial charge on any atom is 0.253 e. The van der Waals surface area contributed by atoms with Crippen molar-refractivity contribution in [1.82, 2.24) is 4.90 Å². The van der Waals surface area contributed by atoms with Gasteiger partial charge in [-0.2, -0.15) is 0 Å². The molecule has 2 atom stereocenters. The Bertz CT molecular complexity index is 976. The molecule has 1 N–H and O–H groups in total. The van der Waals surface area contributed by atoms with Crippen LogP contribution in [0.1, 0.15) is 29.6 Å². The molecule has 182 valence electrons. The van der Waals surface area contributed by atoms with E-state index in [0.717, 1.165) is 44.8 Å². The van der Waals surface area contributed by atoms with Gasteiger partial charge in [0, 0.05) is 36.7 Å². The van der Waals surface area contributed by atoms with E-state index in [-0.39, 0.29) is 35.8 Å². The zero-order valence-electron chi connectivity index (χ0n) is 19.2. The summed E-state index contributed by atoms with van der Waals surface area (Å²) in [4.78, 5) is 29.7. The van der Waals surface area contributed by atoms with E-state index in [9.17, 15) is 23.5 Å². The average Bonchev–Trinajstić information content (AvgIpc) is 2.84. The zero-order valence-corrected chi connectivity index (χ0v) is 19.2. The number of carbonyl (C=O) groups is 2. The molecule has 0 spiro atoms. The van der Waals surface area contributed by atoms with Crippen molar-refractivity contribution in [1.29, 1.82) is 0 Å². The molecule has 2 aliphatic heterocycles. The van der Waals surface area contributed by atoms with Crippen LogP contribution in [0.3, 0.4) is 0 Å². The van der Waals surface area contributed by atoms with Crippen molar-refractivity contribution in [3.05, 3.63) is 65.7 Å². The summed E-state index contributed by atoms with van der Waals surface area (Å²) >= 11 is 0. The van der Waals surface area contributed by atoms with Crippen molar-refractivity contribution in [3.8, 4) is 0 Å². The first-order chi connectivity index (χ1) is 16.4. The summed E-state index contributed by atoms with van der Waals surface area (Å²) in [6.45, 7) is 5.56. The number of amides is 1. The molecule has 2 aromatic rings. The predicted molar refractivity (Wildman–Crippen MR) is 122 cm³/mol. The maximum atomic E-state index is 13.2. The van der Waals surface area contributed by atoms with Crippen LogP contribution in [-0.4, -0.2) is 62.6 Å². The molecule has 6 nitrogen and oxygen atoms in total. The second-order valence-corrected chi connectivity index (χ2v) is 9.40. The Labute approximate surface area is 198 Å². The molecule has 2 aliphatic rings. The third-order valence-corrected chi connectivity index (χ3v) is 7.23. The Morgan fingerprint density at radius 3 is 2.15 bits per heavy atom. The lowest BCUT2D eigenvalue weighted by Crippen LogP contribution is -3.15. The van der Waals surface area contributed by atoms with Crippen LogP contribution in [0.2, 0.25) is 0 Å². The van der Waals surface area contributed by atoms with Crippen LogP contribution in [0.4, 0.5) is 14.5 Å². The van der Waals surface area contributed by atoms with Crippen molar-refractivity contribution < 1.29 is 28.4 Å². The second-order valence-electron chi connectivity index (χ2n) is 9.40. The van der Waals surface area contributed by atoms with E-state index in [1.165, 1.54) is 41.3 Å². The van der Waals surface area contributed by atoms with E-state index >= 15 is 0 Å². The summed E-state index contributed by atoms with van der Waals surface area (Å²) in [5.41, 5.74) is 1.47. The van der Waals surface area contributed by atoms with Crippen molar-refractivity contribution in [2.75, 3.05) is 50.7 Å². The molecule has 2 heterocycles. The number of aliphatic carboxylic acids is 1. The first-order valence-electron chi connectivity index (χ1n) is 12.0. The van der Waals surface area contributed by atoms with Gasteiger partial charge in [-0.25, -0.2) is 8.78 Å². The molecule has 4 rings (SSSR count). The van der Waals surface area contributed by atoms with Gasteiger partial charge in [-0.15, -0.1) is 0 Å². The van der Waals surface area contributed by atoms with Crippen LogP contribution in [0.25, 0.3) is 0 Å². The fourth-order valence-corrected chi connectivity index (χ4v) is 5.22. The number of carboxylic acids is 1. The molecule has 0 aromatic heterocycles. The third kappa shape index (κ3) is 6.11. The summed E-state index contributed by atoms with van der Waals surface area (Å²) in [5, 5.41) is 11.3. The van der Waals surface area contributed by atoms with Gasteiger partial charge in [-0.1, -0.05) is 0 Å². The van der Waals surface area contributed by atoms with Crippen molar-refractivity contribution >= 4 is 17.6 Å². The highest BCUT2D eigenvalue weighted by Crippen LogP contribution is 2.29. The van der Waals surface area contributed by atoms with Gasteiger partial charge in [-0.05, 0) is 73.2 Å². The van der Waals surface area contributed by atoms with Gasteiger partial charge in [-0.3, -0.25) is 4.79 Å². The molecule has 0 unspecified atom stereocenters. The van der Waals surface area contributed by atoms with E-state index in [1.54, 1.807) is 17.0 Å². The Kier molecular flexibility index (Phi) is 7.77. The molecular weight excluding hydrogens is 440 g/mol. The van der Waals surface area contributed by atoms with E-state index in [2.05, 4.69) is 4.90 Å². The lowest BCUT2D eigenvalue weighted by molar-refractivity contribution is -0.901. The third-order valence-electron chi connectivity index (χ3n) is 7.23. The highest BCUT2D eigenvalue weighted by atomic mass is 19.1. The number of nitrogens with zero attached hydrogens (tertiary/aromatic N) is 2. The number of piperidine rings is 1. The SMILES string of the molecule is O=C([O-])C[C@@H]1CCN(C(=O)c2ccc(F)cc2)C[C@@H]1CC[NH+]1CCN(c2ccc(F)cc2)CC1. The average molecular weight is 472 g/mol. The number of halogens is 2. The van der Waals surface area contributed by atoms with E-state index in [1.807, 2.05) is 0 Å². The normalized spacial score (nSPS) is 21.5. The summed E-state index contributed by atoms with van der Waals surface area (Å²) in [6.07, 6.45) is 1.47. The van der Waals surface area contributed by atoms with Crippen LogP contribution in [0.15, 0.2) is 48.5 Å². The standard InChI is InChI=1S/C26H31F2N3O3/c27-22-3-1-19(2-4-22)26(34)31-12-10-20(17-25(32)33)21(18-31)9-11-29-13-15-30(16-14-29)24-7-5-23(28)6-8-24/h1-8,20-21H,9-18H2,(H,32,33)/t20-,21-/m0/s1. The highest BCUT2D eigenvalue weighted by Gasteiger charge is 2.33. The topological polar surface area (TPSA) is 68.1 Å². The number of anilines is 1. The molecule has 8 heteroatoms. The molecule has 34 heavy (non-hydrogen) atoms. The van der Waals surface area contributed by atoms with Crippen LogP contribution >= 0.6 is 0 Å². The largest absolute Gasteiger partial charge is 0.550 e. The molecule has 0 saturated carbocycles. The van der Waals surface area contributed by atoms with E-state index in [4.69, 9.17) is 0 Å². The molecule has 0 aliphatic carbocycles. The molecule has 2 aromatic carbocycles. The van der Waals surface area contributed by atoms with Gasteiger partial charge in [0.1, 0.15) is 11.6 Å². The van der Waals surface area contributed by atoms with Crippen molar-refractivity contribution in [3.63, 3.8) is 0 Å².